The minimum absolute atomic E-state index is 0.0264. The second-order valence-electron chi connectivity index (χ2n) is 7.03. The van der Waals surface area contributed by atoms with Crippen molar-refractivity contribution in [3.63, 3.8) is 0 Å². The van der Waals surface area contributed by atoms with E-state index in [1.54, 1.807) is 6.20 Å². The van der Waals surface area contributed by atoms with Gasteiger partial charge in [-0.3, -0.25) is 19.8 Å². The Labute approximate surface area is 173 Å². The summed E-state index contributed by atoms with van der Waals surface area (Å²) in [6.45, 7) is 0. The molecule has 0 fully saturated rings. The maximum atomic E-state index is 12.8. The van der Waals surface area contributed by atoms with E-state index < -0.39 is 11.9 Å². The van der Waals surface area contributed by atoms with Crippen LogP contribution in [0.15, 0.2) is 71.7 Å². The Morgan fingerprint density at radius 1 is 1.03 bits per heavy atom. The molecular weight excluding hydrogens is 380 g/mol. The molecule has 30 heavy (non-hydrogen) atoms. The lowest BCUT2D eigenvalue weighted by Crippen LogP contribution is -2.18. The molecule has 0 radical (unpaired) electrons. The van der Waals surface area contributed by atoms with Gasteiger partial charge in [-0.2, -0.15) is 5.10 Å². The number of benzene rings is 2. The van der Waals surface area contributed by atoms with Crippen molar-refractivity contribution >= 4 is 5.97 Å². The highest BCUT2D eigenvalue weighted by molar-refractivity contribution is 5.73. The fourth-order valence-corrected chi connectivity index (χ4v) is 3.73. The van der Waals surface area contributed by atoms with E-state index in [4.69, 9.17) is 4.74 Å². The van der Waals surface area contributed by atoms with Gasteiger partial charge in [0.25, 0.3) is 5.56 Å². The number of hydrogen-bond acceptors (Lipinski definition) is 4. The number of esters is 1. The Hall–Kier alpha value is -3.87. The van der Waals surface area contributed by atoms with Gasteiger partial charge < -0.3 is 9.84 Å². The highest BCUT2D eigenvalue weighted by atomic mass is 16.5. The van der Waals surface area contributed by atoms with Crippen LogP contribution >= 0.6 is 0 Å². The number of rotatable bonds is 7. The largest absolute Gasteiger partial charge is 0.469 e. The molecule has 1 atom stereocenters. The quantitative estimate of drug-likeness (QED) is 0.412. The van der Waals surface area contributed by atoms with Gasteiger partial charge >= 0.3 is 5.97 Å². The van der Waals surface area contributed by atoms with Crippen LogP contribution in [0.1, 0.15) is 34.7 Å². The average molecular weight is 402 g/mol. The normalized spacial score (nSPS) is 11.9. The second-order valence-corrected chi connectivity index (χ2v) is 7.03. The number of aromatic nitrogens is 4. The molecule has 0 unspecified atom stereocenters. The van der Waals surface area contributed by atoms with Gasteiger partial charge in [-0.1, -0.05) is 60.7 Å². The first-order chi connectivity index (χ1) is 14.7. The third-order valence-electron chi connectivity index (χ3n) is 5.17. The first-order valence-electron chi connectivity index (χ1n) is 9.66. The smallest absolute Gasteiger partial charge is 0.306 e. The molecule has 2 aromatic heterocycles. The molecule has 0 saturated heterocycles. The average Bonchev–Trinajstić information content (AvgIpc) is 3.40. The van der Waals surface area contributed by atoms with Crippen molar-refractivity contribution in [1.29, 1.82) is 0 Å². The lowest BCUT2D eigenvalue weighted by Gasteiger charge is -2.16. The fraction of sp³-hybridized carbons (Fsp3) is 0.174. The van der Waals surface area contributed by atoms with Crippen LogP contribution in [0.2, 0.25) is 0 Å². The molecule has 2 heterocycles. The van der Waals surface area contributed by atoms with E-state index in [0.29, 0.717) is 12.0 Å². The van der Waals surface area contributed by atoms with Crippen molar-refractivity contribution in [2.45, 2.75) is 18.8 Å². The summed E-state index contributed by atoms with van der Waals surface area (Å²) in [4.78, 5) is 25.1. The van der Waals surface area contributed by atoms with Gasteiger partial charge in [-0.05, 0) is 11.1 Å². The number of nitrogens with zero attached hydrogens (tertiary/aromatic N) is 1. The molecule has 0 saturated carbocycles. The standard InChI is InChI=1S/C23H22N4O3/c1-30-20(28)13-17(18-14-24-26-22(18)16-10-6-3-7-11-16)21-19(25-27-23(21)29)12-15-8-4-2-5-9-15/h2-11,14,17H,12-13H2,1H3,(H,24,26)(H2,25,27,29)/t17-/m0/s1. The predicted octanol–water partition coefficient (Wildman–Crippen LogP) is 3.38. The predicted molar refractivity (Wildman–Crippen MR) is 113 cm³/mol. The summed E-state index contributed by atoms with van der Waals surface area (Å²) in [6, 6.07) is 19.6. The lowest BCUT2D eigenvalue weighted by molar-refractivity contribution is -0.140. The molecule has 4 rings (SSSR count). The van der Waals surface area contributed by atoms with Crippen LogP contribution in [-0.4, -0.2) is 33.5 Å². The van der Waals surface area contributed by atoms with Crippen LogP contribution < -0.4 is 5.56 Å². The molecule has 0 bridgehead atoms. The van der Waals surface area contributed by atoms with E-state index in [-0.39, 0.29) is 12.0 Å². The monoisotopic (exact) mass is 402 g/mol. The first kappa shape index (κ1) is 19.4. The number of ether oxygens (including phenoxy) is 1. The molecule has 0 spiro atoms. The minimum atomic E-state index is -0.514. The summed E-state index contributed by atoms with van der Waals surface area (Å²) in [5.41, 5.74) is 4.53. The van der Waals surface area contributed by atoms with Crippen LogP contribution in [0.5, 0.6) is 0 Å². The number of H-pyrrole nitrogens is 3. The number of carbonyl (C=O) groups is 1. The van der Waals surface area contributed by atoms with Crippen molar-refractivity contribution in [3.05, 3.63) is 99.6 Å². The van der Waals surface area contributed by atoms with E-state index >= 15 is 0 Å². The third kappa shape index (κ3) is 3.96. The molecule has 3 N–H and O–H groups in total. The Balaban J connectivity index is 1.81. The zero-order valence-electron chi connectivity index (χ0n) is 16.5. The summed E-state index contributed by atoms with van der Waals surface area (Å²) in [7, 11) is 1.35. The third-order valence-corrected chi connectivity index (χ3v) is 5.17. The molecule has 0 amide bonds. The molecule has 0 aliphatic heterocycles. The topological polar surface area (TPSA) is 104 Å². The molecule has 7 nitrogen and oxygen atoms in total. The molecular formula is C23H22N4O3. The Kier molecular flexibility index (Phi) is 5.61. The minimum Gasteiger partial charge on any atom is -0.469 e. The fourth-order valence-electron chi connectivity index (χ4n) is 3.73. The number of hydrogen-bond donors (Lipinski definition) is 3. The van der Waals surface area contributed by atoms with Gasteiger partial charge in [-0.25, -0.2) is 0 Å². The highest BCUT2D eigenvalue weighted by Gasteiger charge is 2.29. The second kappa shape index (κ2) is 8.65. The molecule has 0 aliphatic carbocycles. The van der Waals surface area contributed by atoms with Crippen molar-refractivity contribution in [3.8, 4) is 11.3 Å². The van der Waals surface area contributed by atoms with Crippen molar-refractivity contribution in [1.82, 2.24) is 20.4 Å². The Morgan fingerprint density at radius 2 is 1.73 bits per heavy atom. The zero-order chi connectivity index (χ0) is 20.9. The first-order valence-corrected chi connectivity index (χ1v) is 9.66. The number of carbonyl (C=O) groups excluding carboxylic acids is 1. The van der Waals surface area contributed by atoms with Crippen molar-refractivity contribution in [2.75, 3.05) is 7.11 Å². The van der Waals surface area contributed by atoms with Crippen LogP contribution in [0.25, 0.3) is 11.3 Å². The van der Waals surface area contributed by atoms with Gasteiger partial charge in [0.2, 0.25) is 0 Å². The van der Waals surface area contributed by atoms with E-state index in [1.165, 1.54) is 7.11 Å². The van der Waals surface area contributed by atoms with E-state index in [2.05, 4.69) is 20.4 Å². The summed E-state index contributed by atoms with van der Waals surface area (Å²) in [6.07, 6.45) is 2.23. The SMILES string of the molecule is COC(=O)C[C@@H](c1cn[nH]c1-c1ccccc1)c1c(Cc2ccccc2)[nH][nH]c1=O. The number of methoxy groups -OCH3 is 1. The van der Waals surface area contributed by atoms with Crippen LogP contribution in [0, 0.1) is 0 Å². The van der Waals surface area contributed by atoms with Gasteiger partial charge in [0.15, 0.2) is 0 Å². The van der Waals surface area contributed by atoms with E-state index in [0.717, 1.165) is 28.1 Å². The molecule has 152 valence electrons. The van der Waals surface area contributed by atoms with E-state index in [1.807, 2.05) is 60.7 Å². The van der Waals surface area contributed by atoms with Gasteiger partial charge in [0.05, 0.1) is 25.4 Å². The number of aromatic amines is 3. The summed E-state index contributed by atoms with van der Waals surface area (Å²) < 4.78 is 4.93. The van der Waals surface area contributed by atoms with Gasteiger partial charge in [0, 0.05) is 29.2 Å². The van der Waals surface area contributed by atoms with Gasteiger partial charge in [0.1, 0.15) is 0 Å². The summed E-state index contributed by atoms with van der Waals surface area (Å²) in [5, 5.41) is 12.9. The Morgan fingerprint density at radius 3 is 2.43 bits per heavy atom. The summed E-state index contributed by atoms with van der Waals surface area (Å²) in [5.74, 6) is -0.911. The maximum Gasteiger partial charge on any atom is 0.306 e. The van der Waals surface area contributed by atoms with Crippen molar-refractivity contribution < 1.29 is 9.53 Å². The van der Waals surface area contributed by atoms with Crippen LogP contribution in [0.3, 0.4) is 0 Å². The van der Waals surface area contributed by atoms with Gasteiger partial charge in [-0.15, -0.1) is 0 Å². The zero-order valence-corrected chi connectivity index (χ0v) is 16.5. The Bertz CT molecular complexity index is 1180. The molecule has 7 heteroatoms. The lowest BCUT2D eigenvalue weighted by atomic mass is 9.86. The highest BCUT2D eigenvalue weighted by Crippen LogP contribution is 2.34. The van der Waals surface area contributed by atoms with Crippen molar-refractivity contribution in [2.24, 2.45) is 0 Å². The maximum absolute atomic E-state index is 12.8. The molecule has 2 aromatic carbocycles. The molecule has 0 aliphatic rings. The van der Waals surface area contributed by atoms with E-state index in [9.17, 15) is 9.59 Å². The summed E-state index contributed by atoms with van der Waals surface area (Å²) >= 11 is 0. The van der Waals surface area contributed by atoms with Crippen LogP contribution in [-0.2, 0) is 16.0 Å². The van der Waals surface area contributed by atoms with Crippen LogP contribution in [0.4, 0.5) is 0 Å². The molecule has 4 aromatic rings. The number of nitrogens with one attached hydrogen (secondary N) is 3.